The molecule has 3 N–H and O–H groups in total. The maximum atomic E-state index is 12.1. The lowest BCUT2D eigenvalue weighted by Crippen LogP contribution is -2.13. The van der Waals surface area contributed by atoms with Crippen molar-refractivity contribution in [2.24, 2.45) is 0 Å². The summed E-state index contributed by atoms with van der Waals surface area (Å²) in [7, 11) is 0. The summed E-state index contributed by atoms with van der Waals surface area (Å²) in [5.41, 5.74) is 2.03. The zero-order valence-electron chi connectivity index (χ0n) is 12.1. The number of aromatic amines is 1. The van der Waals surface area contributed by atoms with Gasteiger partial charge in [-0.05, 0) is 24.6 Å². The fourth-order valence-electron chi connectivity index (χ4n) is 1.95. The molecule has 0 spiro atoms. The van der Waals surface area contributed by atoms with E-state index < -0.39 is 0 Å². The summed E-state index contributed by atoms with van der Waals surface area (Å²) in [5, 5.41) is 12.3. The number of hydrogen-bond donors (Lipinski definition) is 3. The average Bonchev–Trinajstić information content (AvgIpc) is 2.86. The monoisotopic (exact) mass is 286 g/mol. The van der Waals surface area contributed by atoms with E-state index in [0.29, 0.717) is 17.1 Å². The second-order valence-corrected chi connectivity index (χ2v) is 4.74. The summed E-state index contributed by atoms with van der Waals surface area (Å²) < 4.78 is 0. The lowest BCUT2D eigenvalue weighted by molar-refractivity contribution is -0.114. The van der Waals surface area contributed by atoms with Gasteiger partial charge in [0.1, 0.15) is 0 Å². The van der Waals surface area contributed by atoms with Gasteiger partial charge in [-0.25, -0.2) is 0 Å². The first-order chi connectivity index (χ1) is 10.1. The molecule has 0 aliphatic heterocycles. The van der Waals surface area contributed by atoms with Crippen LogP contribution >= 0.6 is 0 Å². The number of nitrogens with one attached hydrogen (secondary N) is 3. The van der Waals surface area contributed by atoms with Gasteiger partial charge in [0.25, 0.3) is 5.91 Å². The standard InChI is InChI=1S/C15H18N4O2/c1-3-5-13-9-14(19-18-13)17-15(21)11-6-4-7-12(8-11)16-10(2)20/h4,6-9H,3,5H2,1-2H3,(H,16,20)(H2,17,18,19,21). The molecule has 2 aromatic rings. The third kappa shape index (κ3) is 4.17. The minimum Gasteiger partial charge on any atom is -0.326 e. The molecule has 0 unspecified atom stereocenters. The van der Waals surface area contributed by atoms with Gasteiger partial charge >= 0.3 is 0 Å². The predicted molar refractivity (Wildman–Crippen MR) is 81.3 cm³/mol. The van der Waals surface area contributed by atoms with Crippen LogP contribution in [0.15, 0.2) is 30.3 Å². The highest BCUT2D eigenvalue weighted by atomic mass is 16.2. The molecule has 0 aliphatic carbocycles. The van der Waals surface area contributed by atoms with Gasteiger partial charge in [0.2, 0.25) is 5.91 Å². The van der Waals surface area contributed by atoms with Crippen LogP contribution < -0.4 is 10.6 Å². The Kier molecular flexibility index (Phi) is 4.71. The van der Waals surface area contributed by atoms with Gasteiger partial charge < -0.3 is 10.6 Å². The zero-order chi connectivity index (χ0) is 15.2. The topological polar surface area (TPSA) is 86.9 Å². The summed E-state index contributed by atoms with van der Waals surface area (Å²) >= 11 is 0. The van der Waals surface area contributed by atoms with E-state index >= 15 is 0 Å². The van der Waals surface area contributed by atoms with Gasteiger partial charge in [0.15, 0.2) is 5.82 Å². The summed E-state index contributed by atoms with van der Waals surface area (Å²) in [4.78, 5) is 23.2. The molecule has 21 heavy (non-hydrogen) atoms. The fraction of sp³-hybridized carbons (Fsp3) is 0.267. The molecule has 2 amide bonds. The largest absolute Gasteiger partial charge is 0.326 e. The highest BCUT2D eigenvalue weighted by Gasteiger charge is 2.09. The molecule has 0 radical (unpaired) electrons. The maximum absolute atomic E-state index is 12.1. The average molecular weight is 286 g/mol. The lowest BCUT2D eigenvalue weighted by Gasteiger charge is -2.05. The number of rotatable bonds is 5. The second kappa shape index (κ2) is 6.69. The quantitative estimate of drug-likeness (QED) is 0.789. The molecule has 1 heterocycles. The SMILES string of the molecule is CCCc1cc(NC(=O)c2cccc(NC(C)=O)c2)n[nH]1. The number of benzene rings is 1. The van der Waals surface area contributed by atoms with Gasteiger partial charge in [-0.15, -0.1) is 0 Å². The molecular formula is C15H18N4O2. The molecule has 0 fully saturated rings. The fourth-order valence-corrected chi connectivity index (χ4v) is 1.95. The van der Waals surface area contributed by atoms with Crippen molar-refractivity contribution in [3.05, 3.63) is 41.6 Å². The Balaban J connectivity index is 2.06. The highest BCUT2D eigenvalue weighted by molar-refractivity contribution is 6.04. The molecule has 6 heteroatoms. The van der Waals surface area contributed by atoms with Gasteiger partial charge in [0, 0.05) is 29.9 Å². The first-order valence-corrected chi connectivity index (χ1v) is 6.81. The molecule has 0 aliphatic rings. The number of aryl methyl sites for hydroxylation is 1. The number of amides is 2. The van der Waals surface area contributed by atoms with Gasteiger partial charge in [-0.2, -0.15) is 5.10 Å². The van der Waals surface area contributed by atoms with Crippen LogP contribution in [0.3, 0.4) is 0 Å². The third-order valence-electron chi connectivity index (χ3n) is 2.84. The Morgan fingerprint density at radius 3 is 2.76 bits per heavy atom. The Bertz CT molecular complexity index is 649. The molecule has 1 aromatic carbocycles. The summed E-state index contributed by atoms with van der Waals surface area (Å²) in [6.45, 7) is 3.50. The van der Waals surface area contributed by atoms with Gasteiger partial charge in [-0.3, -0.25) is 14.7 Å². The van der Waals surface area contributed by atoms with Crippen LogP contribution in [0.2, 0.25) is 0 Å². The first kappa shape index (κ1) is 14.8. The lowest BCUT2D eigenvalue weighted by atomic mass is 10.2. The van der Waals surface area contributed by atoms with Crippen LogP contribution in [0.4, 0.5) is 11.5 Å². The van der Waals surface area contributed by atoms with Crippen LogP contribution in [0.25, 0.3) is 0 Å². The van der Waals surface area contributed by atoms with Crippen LogP contribution in [-0.2, 0) is 11.2 Å². The Hall–Kier alpha value is -2.63. The van der Waals surface area contributed by atoms with Crippen molar-refractivity contribution in [2.45, 2.75) is 26.7 Å². The smallest absolute Gasteiger partial charge is 0.256 e. The number of hydrogen-bond acceptors (Lipinski definition) is 3. The summed E-state index contributed by atoms with van der Waals surface area (Å²) in [6.07, 6.45) is 1.90. The molecule has 0 atom stereocenters. The van der Waals surface area contributed by atoms with E-state index in [1.54, 1.807) is 24.3 Å². The third-order valence-corrected chi connectivity index (χ3v) is 2.84. The van der Waals surface area contributed by atoms with E-state index in [4.69, 9.17) is 0 Å². The molecule has 6 nitrogen and oxygen atoms in total. The highest BCUT2D eigenvalue weighted by Crippen LogP contribution is 2.13. The van der Waals surface area contributed by atoms with Crippen molar-refractivity contribution in [3.8, 4) is 0 Å². The van der Waals surface area contributed by atoms with Crippen LogP contribution in [0.5, 0.6) is 0 Å². The van der Waals surface area contributed by atoms with Crippen molar-refractivity contribution in [3.63, 3.8) is 0 Å². The van der Waals surface area contributed by atoms with Crippen molar-refractivity contribution in [1.29, 1.82) is 0 Å². The van der Waals surface area contributed by atoms with Crippen LogP contribution in [0, 0.1) is 0 Å². The summed E-state index contributed by atoms with van der Waals surface area (Å²) in [6, 6.07) is 8.56. The number of aromatic nitrogens is 2. The van der Waals surface area contributed by atoms with E-state index in [1.165, 1.54) is 6.92 Å². The van der Waals surface area contributed by atoms with Crippen molar-refractivity contribution in [2.75, 3.05) is 10.6 Å². The number of nitrogens with zero attached hydrogens (tertiary/aromatic N) is 1. The Morgan fingerprint density at radius 2 is 2.05 bits per heavy atom. The first-order valence-electron chi connectivity index (χ1n) is 6.81. The van der Waals surface area contributed by atoms with E-state index in [9.17, 15) is 9.59 Å². The molecule has 0 saturated carbocycles. The van der Waals surface area contributed by atoms with Crippen molar-refractivity contribution >= 4 is 23.3 Å². The predicted octanol–water partition coefficient (Wildman–Crippen LogP) is 2.57. The van der Waals surface area contributed by atoms with Gasteiger partial charge in [-0.1, -0.05) is 19.4 Å². The van der Waals surface area contributed by atoms with Gasteiger partial charge in [0.05, 0.1) is 0 Å². The van der Waals surface area contributed by atoms with Crippen LogP contribution in [0.1, 0.15) is 36.3 Å². The molecule has 0 bridgehead atoms. The van der Waals surface area contributed by atoms with Crippen LogP contribution in [-0.4, -0.2) is 22.0 Å². The Morgan fingerprint density at radius 1 is 1.24 bits per heavy atom. The van der Waals surface area contributed by atoms with Crippen molar-refractivity contribution in [1.82, 2.24) is 10.2 Å². The molecule has 2 rings (SSSR count). The Labute approximate surface area is 122 Å². The molecular weight excluding hydrogens is 268 g/mol. The zero-order valence-corrected chi connectivity index (χ0v) is 12.1. The van der Waals surface area contributed by atoms with Crippen molar-refractivity contribution < 1.29 is 9.59 Å². The van der Waals surface area contributed by atoms with E-state index in [0.717, 1.165) is 18.5 Å². The van der Waals surface area contributed by atoms with E-state index in [2.05, 4.69) is 27.8 Å². The maximum Gasteiger partial charge on any atom is 0.256 e. The molecule has 110 valence electrons. The minimum absolute atomic E-state index is 0.177. The normalized spacial score (nSPS) is 10.2. The number of anilines is 2. The molecule has 1 aromatic heterocycles. The summed E-state index contributed by atoms with van der Waals surface area (Å²) in [5.74, 6) is 0.0502. The molecule has 0 saturated heterocycles. The number of H-pyrrole nitrogens is 1. The van der Waals surface area contributed by atoms with E-state index in [-0.39, 0.29) is 11.8 Å². The second-order valence-electron chi connectivity index (χ2n) is 4.74. The number of carbonyl (C=O) groups excluding carboxylic acids is 2. The number of carbonyl (C=O) groups is 2. The van der Waals surface area contributed by atoms with E-state index in [1.807, 2.05) is 6.07 Å². The minimum atomic E-state index is -0.267.